The molecule has 3 aliphatic rings. The molecule has 8 nitrogen and oxygen atoms in total. The van der Waals surface area contributed by atoms with Crippen LogP contribution in [-0.2, 0) is 27.7 Å². The van der Waals surface area contributed by atoms with E-state index in [1.807, 2.05) is 7.05 Å². The molecule has 1 saturated heterocycles. The molecule has 0 spiro atoms. The highest BCUT2D eigenvalue weighted by molar-refractivity contribution is 7.89. The number of carbonyl (C=O) groups excluding carboxylic acids is 2. The molecular formula is C28H38ClN3O5S2. The molecule has 5 rings (SSSR count). The summed E-state index contributed by atoms with van der Waals surface area (Å²) in [5.74, 6) is -0.822. The number of sulfonamides is 1. The van der Waals surface area contributed by atoms with Gasteiger partial charge in [-0.15, -0.1) is 23.7 Å². The molecule has 1 aromatic carbocycles. The van der Waals surface area contributed by atoms with Crippen molar-refractivity contribution >= 4 is 50.6 Å². The van der Waals surface area contributed by atoms with E-state index in [0.29, 0.717) is 35.6 Å². The van der Waals surface area contributed by atoms with Crippen LogP contribution in [0.5, 0.6) is 0 Å². The van der Waals surface area contributed by atoms with Crippen molar-refractivity contribution in [2.45, 2.75) is 70.9 Å². The fourth-order valence-corrected chi connectivity index (χ4v) is 9.90. The number of rotatable bonds is 6. The highest BCUT2D eigenvalue weighted by Gasteiger charge is 2.53. The molecule has 2 aliphatic heterocycles. The Labute approximate surface area is 241 Å². The smallest absolute Gasteiger partial charge is 0.341 e. The molecular weight excluding hydrogens is 558 g/mol. The number of likely N-dealkylation sites (N-methyl/N-ethyl adjacent to an activating group) is 1. The number of fused-ring (bicyclic) bond motifs is 3. The Bertz CT molecular complexity index is 1370. The van der Waals surface area contributed by atoms with Crippen LogP contribution in [0.1, 0.15) is 78.1 Å². The zero-order valence-electron chi connectivity index (χ0n) is 23.2. The maximum Gasteiger partial charge on any atom is 0.341 e. The summed E-state index contributed by atoms with van der Waals surface area (Å²) in [5.41, 5.74) is 1.81. The SMILES string of the molecule is CCOC(=O)c1c(NC(=O)c2ccc(S(=O)(=O)N3CC4(C)CC3CC(C)(C)C4)cc2)sc2c1CCN(C)C2.Cl. The molecule has 1 amide bonds. The second-order valence-corrected chi connectivity index (χ2v) is 15.2. The molecule has 1 saturated carbocycles. The minimum absolute atomic E-state index is 0. The van der Waals surface area contributed by atoms with E-state index in [-0.39, 0.29) is 40.8 Å². The van der Waals surface area contributed by atoms with Crippen molar-refractivity contribution < 1.29 is 22.7 Å². The van der Waals surface area contributed by atoms with Crippen LogP contribution in [0.15, 0.2) is 29.2 Å². The summed E-state index contributed by atoms with van der Waals surface area (Å²) >= 11 is 1.40. The van der Waals surface area contributed by atoms with Gasteiger partial charge in [-0.2, -0.15) is 4.31 Å². The van der Waals surface area contributed by atoms with E-state index < -0.39 is 21.9 Å². The minimum atomic E-state index is -3.68. The number of anilines is 1. The van der Waals surface area contributed by atoms with E-state index in [2.05, 4.69) is 31.0 Å². The number of nitrogens with one attached hydrogen (secondary N) is 1. The summed E-state index contributed by atoms with van der Waals surface area (Å²) in [6, 6.07) is 6.12. The van der Waals surface area contributed by atoms with E-state index in [4.69, 9.17) is 4.74 Å². The molecule has 2 aromatic rings. The van der Waals surface area contributed by atoms with Crippen LogP contribution in [0.3, 0.4) is 0 Å². The number of ether oxygens (including phenoxy) is 1. The van der Waals surface area contributed by atoms with Crippen molar-refractivity contribution in [2.75, 3.05) is 32.1 Å². The molecule has 1 aromatic heterocycles. The van der Waals surface area contributed by atoms with Gasteiger partial charge in [0.15, 0.2) is 0 Å². The maximum atomic E-state index is 13.6. The van der Waals surface area contributed by atoms with Crippen LogP contribution < -0.4 is 5.32 Å². The molecule has 39 heavy (non-hydrogen) atoms. The molecule has 2 atom stereocenters. The standard InChI is InChI=1S/C28H37N3O5S2.ClH/c1-6-36-26(33)23-21-11-12-30(5)15-22(21)37-25(23)29-24(32)18-7-9-20(10-8-18)38(34,35)31-17-28(4)14-19(31)13-27(2,3)16-28;/h7-10,19H,6,11-17H2,1-5H3,(H,29,32);1H. The molecule has 0 radical (unpaired) electrons. The predicted octanol–water partition coefficient (Wildman–Crippen LogP) is 5.18. The first-order valence-corrected chi connectivity index (χ1v) is 15.5. The third-order valence-corrected chi connectivity index (χ3v) is 11.1. The molecule has 214 valence electrons. The Morgan fingerprint density at radius 2 is 1.85 bits per heavy atom. The van der Waals surface area contributed by atoms with Crippen molar-refractivity contribution in [1.29, 1.82) is 0 Å². The van der Waals surface area contributed by atoms with Gasteiger partial charge in [-0.1, -0.05) is 20.8 Å². The molecule has 1 N–H and O–H groups in total. The summed E-state index contributed by atoms with van der Waals surface area (Å²) in [6.45, 7) is 10.7. The maximum absolute atomic E-state index is 13.6. The number of hydrogen-bond acceptors (Lipinski definition) is 7. The number of hydrogen-bond donors (Lipinski definition) is 1. The first-order chi connectivity index (χ1) is 17.8. The molecule has 2 fully saturated rings. The number of nitrogens with zero attached hydrogens (tertiary/aromatic N) is 2. The second-order valence-electron chi connectivity index (χ2n) is 12.2. The van der Waals surface area contributed by atoms with Crippen LogP contribution in [0.4, 0.5) is 5.00 Å². The van der Waals surface area contributed by atoms with Crippen molar-refractivity contribution in [3.63, 3.8) is 0 Å². The first-order valence-electron chi connectivity index (χ1n) is 13.3. The van der Waals surface area contributed by atoms with E-state index in [1.165, 1.54) is 23.5 Å². The molecule has 2 bridgehead atoms. The van der Waals surface area contributed by atoms with E-state index in [0.717, 1.165) is 36.2 Å². The van der Waals surface area contributed by atoms with Crippen molar-refractivity contribution in [3.05, 3.63) is 45.8 Å². The summed E-state index contributed by atoms with van der Waals surface area (Å²) in [4.78, 5) is 29.4. The summed E-state index contributed by atoms with van der Waals surface area (Å²) < 4.78 is 34.2. The van der Waals surface area contributed by atoms with Gasteiger partial charge in [-0.05, 0) is 80.3 Å². The summed E-state index contributed by atoms with van der Waals surface area (Å²) in [6.07, 6.45) is 3.47. The number of thiophene rings is 1. The first kappa shape index (κ1) is 30.0. The lowest BCUT2D eigenvalue weighted by Gasteiger charge is -2.39. The zero-order valence-corrected chi connectivity index (χ0v) is 25.7. The van der Waals surface area contributed by atoms with Gasteiger partial charge in [0, 0.05) is 36.1 Å². The van der Waals surface area contributed by atoms with Crippen LogP contribution >= 0.6 is 23.7 Å². The van der Waals surface area contributed by atoms with Crippen LogP contribution in [-0.4, -0.2) is 62.3 Å². The normalized spacial score (nSPS) is 24.5. The number of amides is 1. The number of benzene rings is 1. The molecule has 1 aliphatic carbocycles. The molecule has 2 unspecified atom stereocenters. The van der Waals surface area contributed by atoms with Crippen molar-refractivity contribution in [3.8, 4) is 0 Å². The Morgan fingerprint density at radius 3 is 2.51 bits per heavy atom. The predicted molar refractivity (Wildman–Crippen MR) is 155 cm³/mol. The fourth-order valence-electron chi connectivity index (χ4n) is 6.82. The van der Waals surface area contributed by atoms with Gasteiger partial charge in [-0.25, -0.2) is 13.2 Å². The highest BCUT2D eigenvalue weighted by atomic mass is 35.5. The summed E-state index contributed by atoms with van der Waals surface area (Å²) in [5, 5.41) is 3.37. The van der Waals surface area contributed by atoms with Gasteiger partial charge in [-0.3, -0.25) is 4.79 Å². The lowest BCUT2D eigenvalue weighted by atomic mass is 9.65. The third kappa shape index (κ3) is 5.77. The number of halogens is 1. The summed E-state index contributed by atoms with van der Waals surface area (Å²) in [7, 11) is -1.65. The van der Waals surface area contributed by atoms with E-state index in [9.17, 15) is 18.0 Å². The quantitative estimate of drug-likeness (QED) is 0.463. The number of esters is 1. The zero-order chi connectivity index (χ0) is 27.5. The van der Waals surface area contributed by atoms with Crippen LogP contribution in [0.2, 0.25) is 0 Å². The van der Waals surface area contributed by atoms with Gasteiger partial charge in [0.2, 0.25) is 10.0 Å². The lowest BCUT2D eigenvalue weighted by Crippen LogP contribution is -2.37. The average molecular weight is 596 g/mol. The third-order valence-electron chi connectivity index (χ3n) is 8.04. The molecule has 3 heterocycles. The van der Waals surface area contributed by atoms with Gasteiger partial charge < -0.3 is 15.0 Å². The largest absolute Gasteiger partial charge is 0.462 e. The average Bonchev–Trinajstić information content (AvgIpc) is 3.31. The Hall–Kier alpha value is -1.98. The lowest BCUT2D eigenvalue weighted by molar-refractivity contribution is 0.0526. The van der Waals surface area contributed by atoms with Gasteiger partial charge in [0.05, 0.1) is 17.1 Å². The Morgan fingerprint density at radius 1 is 1.15 bits per heavy atom. The van der Waals surface area contributed by atoms with Gasteiger partial charge in [0.25, 0.3) is 5.91 Å². The monoisotopic (exact) mass is 595 g/mol. The van der Waals surface area contributed by atoms with E-state index in [1.54, 1.807) is 23.4 Å². The molecule has 11 heteroatoms. The van der Waals surface area contributed by atoms with Crippen molar-refractivity contribution in [1.82, 2.24) is 9.21 Å². The van der Waals surface area contributed by atoms with Crippen molar-refractivity contribution in [2.24, 2.45) is 10.8 Å². The van der Waals surface area contributed by atoms with E-state index >= 15 is 0 Å². The van der Waals surface area contributed by atoms with Crippen LogP contribution in [0.25, 0.3) is 0 Å². The second kappa shape index (κ2) is 10.8. The highest BCUT2D eigenvalue weighted by Crippen LogP contribution is 2.53. The fraction of sp³-hybridized carbons (Fsp3) is 0.571. The topological polar surface area (TPSA) is 96.0 Å². The van der Waals surface area contributed by atoms with Gasteiger partial charge >= 0.3 is 5.97 Å². The Kier molecular flexibility index (Phi) is 8.29. The number of carbonyl (C=O) groups is 2. The van der Waals surface area contributed by atoms with Crippen LogP contribution in [0, 0.1) is 10.8 Å². The Balaban J connectivity index is 0.00000353. The minimum Gasteiger partial charge on any atom is -0.462 e. The van der Waals surface area contributed by atoms with Gasteiger partial charge in [0.1, 0.15) is 5.00 Å².